The van der Waals surface area contributed by atoms with Crippen molar-refractivity contribution in [1.82, 2.24) is 14.1 Å². The van der Waals surface area contributed by atoms with Crippen molar-refractivity contribution in [3.8, 4) is 0 Å². The number of benzene rings is 1. The predicted molar refractivity (Wildman–Crippen MR) is 113 cm³/mol. The summed E-state index contributed by atoms with van der Waals surface area (Å²) >= 11 is 0. The largest absolute Gasteiger partial charge is 0.339 e. The van der Waals surface area contributed by atoms with E-state index in [1.54, 1.807) is 15.9 Å². The number of hydrogen-bond acceptors (Lipinski definition) is 4. The van der Waals surface area contributed by atoms with Gasteiger partial charge in [0.1, 0.15) is 0 Å². The Morgan fingerprint density at radius 1 is 0.833 bits per heavy atom. The number of fused-ring (bicyclic) bond motifs is 1. The first-order valence-corrected chi connectivity index (χ1v) is 12.6. The van der Waals surface area contributed by atoms with E-state index in [4.69, 9.17) is 0 Å². The van der Waals surface area contributed by atoms with Crippen molar-refractivity contribution in [2.45, 2.75) is 56.3 Å². The molecule has 2 amide bonds. The van der Waals surface area contributed by atoms with E-state index in [1.165, 1.54) is 9.87 Å². The van der Waals surface area contributed by atoms with Gasteiger partial charge >= 0.3 is 0 Å². The molecule has 164 valence electrons. The third-order valence-corrected chi connectivity index (χ3v) is 8.44. The van der Waals surface area contributed by atoms with Crippen LogP contribution in [0.25, 0.3) is 0 Å². The lowest BCUT2D eigenvalue weighted by atomic mass is 9.92. The molecule has 3 aliphatic rings. The summed E-state index contributed by atoms with van der Waals surface area (Å²) in [6.45, 7) is 2.06. The molecule has 0 unspecified atom stereocenters. The van der Waals surface area contributed by atoms with Crippen LogP contribution in [0.5, 0.6) is 0 Å². The first-order chi connectivity index (χ1) is 14.4. The molecule has 4 rings (SSSR count). The number of hydrogen-bond donors (Lipinski definition) is 0. The lowest BCUT2D eigenvalue weighted by Crippen LogP contribution is -2.53. The second-order valence-electron chi connectivity index (χ2n) is 8.55. The van der Waals surface area contributed by atoms with E-state index >= 15 is 0 Å². The van der Waals surface area contributed by atoms with E-state index in [-0.39, 0.29) is 18.4 Å². The maximum atomic E-state index is 13.1. The van der Waals surface area contributed by atoms with Gasteiger partial charge in [-0.25, -0.2) is 8.42 Å². The quantitative estimate of drug-likeness (QED) is 0.725. The lowest BCUT2D eigenvalue weighted by Gasteiger charge is -2.35. The Kier molecular flexibility index (Phi) is 6.43. The molecule has 0 radical (unpaired) electrons. The number of likely N-dealkylation sites (tertiary alicyclic amines) is 1. The van der Waals surface area contributed by atoms with Crippen molar-refractivity contribution in [2.75, 3.05) is 39.3 Å². The van der Waals surface area contributed by atoms with Gasteiger partial charge in [0.15, 0.2) is 0 Å². The molecule has 2 fully saturated rings. The fraction of sp³-hybridized carbons (Fsp3) is 0.636. The van der Waals surface area contributed by atoms with Crippen LogP contribution in [0.2, 0.25) is 0 Å². The highest BCUT2D eigenvalue weighted by Gasteiger charge is 2.31. The number of rotatable bonds is 4. The van der Waals surface area contributed by atoms with Crippen molar-refractivity contribution >= 4 is 21.8 Å². The van der Waals surface area contributed by atoms with E-state index in [0.717, 1.165) is 50.5 Å². The summed E-state index contributed by atoms with van der Waals surface area (Å²) in [7, 11) is -3.55. The number of amides is 2. The zero-order valence-electron chi connectivity index (χ0n) is 17.5. The first kappa shape index (κ1) is 21.3. The molecular formula is C22H31N3O4S. The monoisotopic (exact) mass is 433 g/mol. The molecule has 0 saturated carbocycles. The number of piperazine rings is 1. The summed E-state index contributed by atoms with van der Waals surface area (Å²) < 4.78 is 27.7. The van der Waals surface area contributed by atoms with Crippen LogP contribution >= 0.6 is 0 Å². The second kappa shape index (κ2) is 9.06. The van der Waals surface area contributed by atoms with Crippen LogP contribution < -0.4 is 0 Å². The van der Waals surface area contributed by atoms with Crippen LogP contribution in [0.1, 0.15) is 49.7 Å². The predicted octanol–water partition coefficient (Wildman–Crippen LogP) is 1.80. The molecule has 1 aliphatic carbocycles. The number of carbonyl (C=O) groups excluding carboxylic acids is 2. The van der Waals surface area contributed by atoms with Crippen LogP contribution in [0.4, 0.5) is 0 Å². The van der Waals surface area contributed by atoms with Crippen molar-refractivity contribution in [3.63, 3.8) is 0 Å². The molecule has 30 heavy (non-hydrogen) atoms. The average molecular weight is 434 g/mol. The molecule has 8 heteroatoms. The zero-order chi connectivity index (χ0) is 21.1. The van der Waals surface area contributed by atoms with Gasteiger partial charge in [0.2, 0.25) is 21.8 Å². The number of sulfonamides is 1. The van der Waals surface area contributed by atoms with Crippen molar-refractivity contribution in [1.29, 1.82) is 0 Å². The molecule has 2 saturated heterocycles. The molecule has 1 aromatic carbocycles. The highest BCUT2D eigenvalue weighted by Crippen LogP contribution is 2.26. The highest BCUT2D eigenvalue weighted by atomic mass is 32.2. The Morgan fingerprint density at radius 3 is 2.30 bits per heavy atom. The Labute approximate surface area is 179 Å². The molecule has 2 aliphatic heterocycles. The maximum absolute atomic E-state index is 13.1. The van der Waals surface area contributed by atoms with Gasteiger partial charge in [0.05, 0.1) is 11.4 Å². The molecule has 0 atom stereocenters. The van der Waals surface area contributed by atoms with Crippen LogP contribution in [-0.4, -0.2) is 73.6 Å². The normalized spacial score (nSPS) is 21.3. The zero-order valence-corrected chi connectivity index (χ0v) is 18.3. The average Bonchev–Trinajstić information content (AvgIpc) is 2.97. The number of aryl methyl sites for hydroxylation is 2. The minimum Gasteiger partial charge on any atom is -0.339 e. The van der Waals surface area contributed by atoms with Crippen LogP contribution in [0.3, 0.4) is 0 Å². The molecule has 2 heterocycles. The minimum atomic E-state index is -3.55. The van der Waals surface area contributed by atoms with E-state index < -0.39 is 10.0 Å². The third-order valence-electron chi connectivity index (χ3n) is 6.55. The summed E-state index contributed by atoms with van der Waals surface area (Å²) in [5.74, 6) is -0.0365. The summed E-state index contributed by atoms with van der Waals surface area (Å²) in [6, 6.07) is 5.52. The number of carbonyl (C=O) groups is 2. The molecule has 0 bridgehead atoms. The Bertz CT molecular complexity index is 907. The Morgan fingerprint density at radius 2 is 1.53 bits per heavy atom. The van der Waals surface area contributed by atoms with Crippen molar-refractivity contribution in [3.05, 3.63) is 29.3 Å². The Balaban J connectivity index is 1.36. The topological polar surface area (TPSA) is 78.0 Å². The Hall–Kier alpha value is -1.93. The molecule has 7 nitrogen and oxygen atoms in total. The van der Waals surface area contributed by atoms with Gasteiger partial charge in [0.25, 0.3) is 0 Å². The van der Waals surface area contributed by atoms with Gasteiger partial charge in [-0.1, -0.05) is 12.5 Å². The van der Waals surface area contributed by atoms with Crippen LogP contribution in [0.15, 0.2) is 23.1 Å². The highest BCUT2D eigenvalue weighted by molar-refractivity contribution is 7.89. The van der Waals surface area contributed by atoms with Gasteiger partial charge < -0.3 is 9.80 Å². The molecular weight excluding hydrogens is 402 g/mol. The third kappa shape index (κ3) is 4.54. The fourth-order valence-corrected chi connectivity index (χ4v) is 6.14. The maximum Gasteiger partial charge on any atom is 0.243 e. The SMILES string of the molecule is O=C(CN1CCCCCC1=O)N1CCN(S(=O)(=O)c2ccc3c(c2)CCCC3)CC1. The molecule has 0 N–H and O–H groups in total. The van der Waals surface area contributed by atoms with Crippen LogP contribution in [-0.2, 0) is 32.5 Å². The van der Waals surface area contributed by atoms with Crippen LogP contribution in [0, 0.1) is 0 Å². The van der Waals surface area contributed by atoms with Gasteiger partial charge in [0, 0.05) is 39.1 Å². The van der Waals surface area contributed by atoms with E-state index in [0.29, 0.717) is 44.0 Å². The van der Waals surface area contributed by atoms with Gasteiger partial charge in [-0.15, -0.1) is 0 Å². The van der Waals surface area contributed by atoms with Crippen molar-refractivity contribution < 1.29 is 18.0 Å². The van der Waals surface area contributed by atoms with E-state index in [2.05, 4.69) is 0 Å². The van der Waals surface area contributed by atoms with E-state index in [9.17, 15) is 18.0 Å². The van der Waals surface area contributed by atoms with Gasteiger partial charge in [-0.3, -0.25) is 9.59 Å². The standard InChI is InChI=1S/C22H31N3O4S/c26-21-8-2-1-5-11-24(21)17-22(27)23-12-14-25(15-13-23)30(28,29)20-10-9-18-6-3-4-7-19(18)16-20/h9-10,16H,1-8,11-15,17H2. The van der Waals surface area contributed by atoms with Crippen molar-refractivity contribution in [2.24, 2.45) is 0 Å². The van der Waals surface area contributed by atoms with E-state index in [1.807, 2.05) is 12.1 Å². The smallest absolute Gasteiger partial charge is 0.243 e. The van der Waals surface area contributed by atoms with Gasteiger partial charge in [-0.05, 0) is 61.8 Å². The minimum absolute atomic E-state index is 0.0504. The second-order valence-corrected chi connectivity index (χ2v) is 10.5. The fourth-order valence-electron chi connectivity index (χ4n) is 4.67. The molecule has 0 spiro atoms. The lowest BCUT2D eigenvalue weighted by molar-refractivity contribution is -0.140. The molecule has 0 aromatic heterocycles. The summed E-state index contributed by atoms with van der Waals surface area (Å²) in [4.78, 5) is 28.5. The summed E-state index contributed by atoms with van der Waals surface area (Å²) in [5.41, 5.74) is 2.41. The number of nitrogens with zero attached hydrogens (tertiary/aromatic N) is 3. The molecule has 1 aromatic rings. The van der Waals surface area contributed by atoms with Gasteiger partial charge in [-0.2, -0.15) is 4.31 Å². The first-order valence-electron chi connectivity index (χ1n) is 11.1. The summed E-state index contributed by atoms with van der Waals surface area (Å²) in [5, 5.41) is 0. The summed E-state index contributed by atoms with van der Waals surface area (Å²) in [6.07, 6.45) is 7.60.